The van der Waals surface area contributed by atoms with Gasteiger partial charge in [0.2, 0.25) is 0 Å². The van der Waals surface area contributed by atoms with E-state index in [0.717, 1.165) is 5.82 Å². The van der Waals surface area contributed by atoms with E-state index in [4.69, 9.17) is 5.73 Å². The molecule has 0 radical (unpaired) electrons. The summed E-state index contributed by atoms with van der Waals surface area (Å²) in [6.45, 7) is 0.534. The summed E-state index contributed by atoms with van der Waals surface area (Å²) in [5.74, 6) is 1.12. The normalized spacial score (nSPS) is 10.3. The van der Waals surface area contributed by atoms with Crippen molar-refractivity contribution in [1.29, 1.82) is 0 Å². The summed E-state index contributed by atoms with van der Waals surface area (Å²) in [4.78, 5) is 19.8. The number of rotatable bonds is 4. The number of anilines is 1. The lowest BCUT2D eigenvalue weighted by Gasteiger charge is -2.05. The number of nitrogen functional groups attached to an aromatic ring is 1. The van der Waals surface area contributed by atoms with E-state index in [-0.39, 0.29) is 5.91 Å². The summed E-state index contributed by atoms with van der Waals surface area (Å²) in [5, 5.41) is 2.82. The number of amides is 1. The summed E-state index contributed by atoms with van der Waals surface area (Å²) in [6.07, 6.45) is 5.82. The third-order valence-corrected chi connectivity index (χ3v) is 2.60. The van der Waals surface area contributed by atoms with Crippen LogP contribution in [-0.2, 0) is 13.5 Å². The highest BCUT2D eigenvalue weighted by Crippen LogP contribution is 2.02. The molecule has 0 aliphatic heterocycles. The minimum Gasteiger partial charge on any atom is -0.384 e. The molecule has 2 aromatic heterocycles. The summed E-state index contributed by atoms with van der Waals surface area (Å²) >= 11 is 0. The molecule has 0 aliphatic carbocycles. The Hall–Kier alpha value is -2.37. The third-order valence-electron chi connectivity index (χ3n) is 2.60. The van der Waals surface area contributed by atoms with Gasteiger partial charge < -0.3 is 15.6 Å². The van der Waals surface area contributed by atoms with Crippen molar-refractivity contribution in [3.05, 3.63) is 42.1 Å². The first-order valence-electron chi connectivity index (χ1n) is 5.63. The van der Waals surface area contributed by atoms with Crippen LogP contribution < -0.4 is 11.1 Å². The van der Waals surface area contributed by atoms with Gasteiger partial charge >= 0.3 is 0 Å². The van der Waals surface area contributed by atoms with Gasteiger partial charge in [0.1, 0.15) is 11.6 Å². The zero-order valence-corrected chi connectivity index (χ0v) is 10.1. The molecule has 3 N–H and O–H groups in total. The second kappa shape index (κ2) is 5.31. The zero-order valence-electron chi connectivity index (χ0n) is 10.1. The van der Waals surface area contributed by atoms with Gasteiger partial charge in [-0.2, -0.15) is 0 Å². The lowest BCUT2D eigenvalue weighted by molar-refractivity contribution is 0.0954. The molecule has 0 unspecified atom stereocenters. The molecule has 0 bridgehead atoms. The monoisotopic (exact) mass is 245 g/mol. The van der Waals surface area contributed by atoms with Crippen LogP contribution in [-0.4, -0.2) is 27.0 Å². The second-order valence-electron chi connectivity index (χ2n) is 3.93. The van der Waals surface area contributed by atoms with Gasteiger partial charge in [-0.15, -0.1) is 0 Å². The van der Waals surface area contributed by atoms with Gasteiger partial charge in [-0.1, -0.05) is 0 Å². The molecule has 0 aromatic carbocycles. The molecule has 0 saturated carbocycles. The van der Waals surface area contributed by atoms with Crippen LogP contribution >= 0.6 is 0 Å². The summed E-state index contributed by atoms with van der Waals surface area (Å²) in [7, 11) is 1.92. The first kappa shape index (κ1) is 12.1. The van der Waals surface area contributed by atoms with E-state index in [2.05, 4.69) is 15.3 Å². The predicted molar refractivity (Wildman–Crippen MR) is 67.9 cm³/mol. The summed E-state index contributed by atoms with van der Waals surface area (Å²) < 4.78 is 1.93. The molecule has 0 saturated heterocycles. The largest absolute Gasteiger partial charge is 0.384 e. The molecule has 2 aromatic rings. The Balaban J connectivity index is 1.87. The van der Waals surface area contributed by atoms with Crippen molar-refractivity contribution in [3.8, 4) is 0 Å². The Bertz CT molecular complexity index is 549. The summed E-state index contributed by atoms with van der Waals surface area (Å²) in [6, 6.07) is 3.18. The van der Waals surface area contributed by atoms with E-state index in [9.17, 15) is 4.79 Å². The predicted octanol–water partition coefficient (Wildman–Crippen LogP) is 0.370. The Morgan fingerprint density at radius 2 is 2.28 bits per heavy atom. The molecular formula is C12H15N5O. The maximum absolute atomic E-state index is 11.8. The van der Waals surface area contributed by atoms with Crippen LogP contribution in [0.5, 0.6) is 0 Å². The number of hydrogen-bond acceptors (Lipinski definition) is 4. The number of hydrogen-bond donors (Lipinski definition) is 2. The molecule has 6 nitrogen and oxygen atoms in total. The number of aromatic nitrogens is 3. The van der Waals surface area contributed by atoms with Gasteiger partial charge in [-0.25, -0.2) is 9.97 Å². The van der Waals surface area contributed by atoms with Gasteiger partial charge in [0.05, 0.1) is 0 Å². The van der Waals surface area contributed by atoms with Gasteiger partial charge in [-0.3, -0.25) is 4.79 Å². The van der Waals surface area contributed by atoms with Crippen LogP contribution in [0.4, 0.5) is 5.82 Å². The van der Waals surface area contributed by atoms with E-state index >= 15 is 0 Å². The van der Waals surface area contributed by atoms with Crippen LogP contribution in [0, 0.1) is 0 Å². The van der Waals surface area contributed by atoms with Crippen LogP contribution in [0.2, 0.25) is 0 Å². The molecule has 2 rings (SSSR count). The van der Waals surface area contributed by atoms with Gasteiger partial charge in [0.25, 0.3) is 5.91 Å². The number of imidazole rings is 1. The van der Waals surface area contributed by atoms with E-state index in [1.54, 1.807) is 18.3 Å². The van der Waals surface area contributed by atoms with Gasteiger partial charge in [-0.05, 0) is 12.1 Å². The molecule has 1 amide bonds. The Morgan fingerprint density at radius 3 is 2.94 bits per heavy atom. The molecule has 0 atom stereocenters. The van der Waals surface area contributed by atoms with E-state index in [1.807, 2.05) is 17.8 Å². The van der Waals surface area contributed by atoms with Gasteiger partial charge in [0.15, 0.2) is 0 Å². The standard InChI is InChI=1S/C12H15N5O/c1-17-7-6-15-11(17)3-5-16-12(18)9-2-4-14-10(13)8-9/h2,4,6-8H,3,5H2,1H3,(H2,13,14)(H,16,18). The quantitative estimate of drug-likeness (QED) is 0.814. The van der Waals surface area contributed by atoms with Crippen molar-refractivity contribution in [1.82, 2.24) is 19.9 Å². The fourth-order valence-electron chi connectivity index (χ4n) is 1.62. The topological polar surface area (TPSA) is 85.8 Å². The minimum atomic E-state index is -0.154. The van der Waals surface area contributed by atoms with Crippen molar-refractivity contribution in [2.24, 2.45) is 7.05 Å². The SMILES string of the molecule is Cn1ccnc1CCNC(=O)c1ccnc(N)c1. The molecular weight excluding hydrogens is 230 g/mol. The molecule has 0 aliphatic rings. The first-order chi connectivity index (χ1) is 8.66. The van der Waals surface area contributed by atoms with Crippen molar-refractivity contribution < 1.29 is 4.79 Å². The fourth-order valence-corrected chi connectivity index (χ4v) is 1.62. The van der Waals surface area contributed by atoms with E-state index in [1.165, 1.54) is 6.20 Å². The second-order valence-corrected chi connectivity index (χ2v) is 3.93. The Morgan fingerprint density at radius 1 is 1.44 bits per heavy atom. The number of nitrogens with two attached hydrogens (primary N) is 1. The van der Waals surface area contributed by atoms with Crippen LogP contribution in [0.1, 0.15) is 16.2 Å². The van der Waals surface area contributed by atoms with Gasteiger partial charge in [0, 0.05) is 44.2 Å². The third kappa shape index (κ3) is 2.85. The van der Waals surface area contributed by atoms with E-state index in [0.29, 0.717) is 24.3 Å². The lowest BCUT2D eigenvalue weighted by Crippen LogP contribution is -2.26. The van der Waals surface area contributed by atoms with Crippen molar-refractivity contribution in [2.45, 2.75) is 6.42 Å². The van der Waals surface area contributed by atoms with Crippen LogP contribution in [0.3, 0.4) is 0 Å². The van der Waals surface area contributed by atoms with Crippen molar-refractivity contribution in [3.63, 3.8) is 0 Å². The Labute approximate surface area is 105 Å². The average molecular weight is 245 g/mol. The minimum absolute atomic E-state index is 0.154. The Kier molecular flexibility index (Phi) is 3.57. The average Bonchev–Trinajstić information content (AvgIpc) is 2.75. The maximum atomic E-state index is 11.8. The van der Waals surface area contributed by atoms with Crippen molar-refractivity contribution in [2.75, 3.05) is 12.3 Å². The lowest BCUT2D eigenvalue weighted by atomic mass is 10.2. The zero-order chi connectivity index (χ0) is 13.0. The number of pyridine rings is 1. The fraction of sp³-hybridized carbons (Fsp3) is 0.250. The highest BCUT2D eigenvalue weighted by atomic mass is 16.1. The molecule has 0 spiro atoms. The highest BCUT2D eigenvalue weighted by Gasteiger charge is 2.06. The van der Waals surface area contributed by atoms with Crippen LogP contribution in [0.25, 0.3) is 0 Å². The molecule has 94 valence electrons. The molecule has 0 fully saturated rings. The maximum Gasteiger partial charge on any atom is 0.251 e. The van der Waals surface area contributed by atoms with E-state index < -0.39 is 0 Å². The number of nitrogens with one attached hydrogen (secondary N) is 1. The van der Waals surface area contributed by atoms with Crippen molar-refractivity contribution >= 4 is 11.7 Å². The summed E-state index contributed by atoms with van der Waals surface area (Å²) in [5.41, 5.74) is 6.03. The molecule has 2 heterocycles. The number of carbonyl (C=O) groups excluding carboxylic acids is 1. The number of carbonyl (C=O) groups is 1. The number of nitrogens with zero attached hydrogens (tertiary/aromatic N) is 3. The molecule has 18 heavy (non-hydrogen) atoms. The smallest absolute Gasteiger partial charge is 0.251 e. The van der Waals surface area contributed by atoms with Crippen LogP contribution in [0.15, 0.2) is 30.7 Å². The number of aryl methyl sites for hydroxylation is 1. The highest BCUT2D eigenvalue weighted by molar-refractivity contribution is 5.94. The molecule has 6 heteroatoms. The first-order valence-corrected chi connectivity index (χ1v) is 5.63.